The highest BCUT2D eigenvalue weighted by atomic mass is 15.2. The van der Waals surface area contributed by atoms with E-state index in [1.165, 1.54) is 32.4 Å². The van der Waals surface area contributed by atoms with Gasteiger partial charge in [0.05, 0.1) is 0 Å². The molecule has 0 aliphatic carbocycles. The van der Waals surface area contributed by atoms with Gasteiger partial charge in [0.25, 0.3) is 0 Å². The van der Waals surface area contributed by atoms with Crippen molar-refractivity contribution in [3.05, 3.63) is 30.1 Å². The number of rotatable bonds is 9. The predicted molar refractivity (Wildman–Crippen MR) is 112 cm³/mol. The fourth-order valence-corrected chi connectivity index (χ4v) is 3.60. The highest BCUT2D eigenvalue weighted by molar-refractivity contribution is 5.53. The molecule has 1 aliphatic rings. The van der Waals surface area contributed by atoms with Crippen LogP contribution in [-0.4, -0.2) is 58.1 Å². The van der Waals surface area contributed by atoms with Crippen molar-refractivity contribution in [1.29, 1.82) is 0 Å². The van der Waals surface area contributed by atoms with E-state index in [1.54, 1.807) is 0 Å². The molecule has 3 N–H and O–H groups in total. The second-order valence-electron chi connectivity index (χ2n) is 7.47. The van der Waals surface area contributed by atoms with E-state index in [4.69, 9.17) is 0 Å². The summed E-state index contributed by atoms with van der Waals surface area (Å²) in [5, 5.41) is 7.12. The van der Waals surface area contributed by atoms with Crippen LogP contribution in [0.1, 0.15) is 45.7 Å². The van der Waals surface area contributed by atoms with Gasteiger partial charge in [-0.05, 0) is 57.8 Å². The molecule has 0 aromatic carbocycles. The molecule has 148 valence electrons. The minimum atomic E-state index is 0.641. The molecule has 3 heterocycles. The number of hydrogen-bond donors (Lipinski definition) is 3. The summed E-state index contributed by atoms with van der Waals surface area (Å²) >= 11 is 0. The van der Waals surface area contributed by atoms with Gasteiger partial charge in [-0.1, -0.05) is 19.9 Å². The number of aromatic amines is 1. The Balaban J connectivity index is 1.40. The average Bonchev–Trinajstić information content (AvgIpc) is 3.21. The van der Waals surface area contributed by atoms with Crippen molar-refractivity contribution in [3.8, 4) is 11.5 Å². The maximum absolute atomic E-state index is 4.67. The maximum atomic E-state index is 4.67. The third-order valence-corrected chi connectivity index (χ3v) is 5.61. The topological polar surface area (TPSA) is 68.9 Å². The van der Waals surface area contributed by atoms with Gasteiger partial charge in [0.15, 0.2) is 5.82 Å². The molecule has 2 aromatic rings. The Hall–Kier alpha value is -1.92. The summed E-state index contributed by atoms with van der Waals surface area (Å²) in [5.74, 6) is 1.73. The first-order valence-electron chi connectivity index (χ1n) is 10.4. The van der Waals surface area contributed by atoms with Gasteiger partial charge in [-0.3, -0.25) is 0 Å². The zero-order chi connectivity index (χ0) is 19.1. The highest BCUT2D eigenvalue weighted by Crippen LogP contribution is 2.16. The molecule has 0 amide bonds. The van der Waals surface area contributed by atoms with Crippen LogP contribution in [0.4, 0.5) is 5.82 Å². The number of imidazole rings is 1. The van der Waals surface area contributed by atoms with E-state index in [2.05, 4.69) is 51.3 Å². The lowest BCUT2D eigenvalue weighted by Gasteiger charge is -2.36. The lowest BCUT2D eigenvalue weighted by Crippen LogP contribution is -2.46. The van der Waals surface area contributed by atoms with Crippen molar-refractivity contribution in [2.24, 2.45) is 0 Å². The normalized spacial score (nSPS) is 17.1. The van der Waals surface area contributed by atoms with Crippen molar-refractivity contribution in [2.75, 3.05) is 31.5 Å². The summed E-state index contributed by atoms with van der Waals surface area (Å²) in [6.45, 7) is 11.0. The summed E-state index contributed by atoms with van der Waals surface area (Å²) in [4.78, 5) is 15.0. The van der Waals surface area contributed by atoms with Gasteiger partial charge in [0.1, 0.15) is 11.5 Å². The van der Waals surface area contributed by atoms with Crippen LogP contribution in [0.3, 0.4) is 0 Å². The lowest BCUT2D eigenvalue weighted by atomic mass is 10.0. The Kier molecular flexibility index (Phi) is 7.24. The third-order valence-electron chi connectivity index (χ3n) is 5.61. The molecule has 6 nitrogen and oxygen atoms in total. The number of aromatic nitrogens is 3. The largest absolute Gasteiger partial charge is 0.369 e. The van der Waals surface area contributed by atoms with E-state index in [0.717, 1.165) is 42.5 Å². The van der Waals surface area contributed by atoms with Gasteiger partial charge in [-0.15, -0.1) is 0 Å². The predicted octanol–water partition coefficient (Wildman–Crippen LogP) is 3.30. The van der Waals surface area contributed by atoms with Crippen molar-refractivity contribution >= 4 is 5.82 Å². The molecule has 2 aromatic heterocycles. The molecule has 1 saturated heterocycles. The summed E-state index contributed by atoms with van der Waals surface area (Å²) in [7, 11) is 0. The number of pyridine rings is 1. The minimum absolute atomic E-state index is 0.641. The van der Waals surface area contributed by atoms with Gasteiger partial charge in [0, 0.05) is 37.1 Å². The van der Waals surface area contributed by atoms with Crippen molar-refractivity contribution < 1.29 is 0 Å². The molecule has 0 saturated carbocycles. The van der Waals surface area contributed by atoms with Gasteiger partial charge >= 0.3 is 0 Å². The van der Waals surface area contributed by atoms with Crippen LogP contribution >= 0.6 is 0 Å². The van der Waals surface area contributed by atoms with E-state index in [0.29, 0.717) is 12.1 Å². The van der Waals surface area contributed by atoms with Crippen LogP contribution in [0.2, 0.25) is 0 Å². The zero-order valence-corrected chi connectivity index (χ0v) is 17.0. The van der Waals surface area contributed by atoms with Crippen LogP contribution < -0.4 is 10.6 Å². The smallest absolute Gasteiger partial charge is 0.156 e. The first-order valence-corrected chi connectivity index (χ1v) is 10.4. The number of likely N-dealkylation sites (tertiary alicyclic amines) is 1. The SMILES string of the molecule is CCc1cnc(-c2cccc(NCCNC3CCN([C@H](C)CC)CC3)n2)[nH]1. The molecule has 1 aliphatic heterocycles. The number of anilines is 1. The summed E-state index contributed by atoms with van der Waals surface area (Å²) in [6, 6.07) is 7.39. The van der Waals surface area contributed by atoms with Crippen molar-refractivity contribution in [1.82, 2.24) is 25.2 Å². The van der Waals surface area contributed by atoms with E-state index >= 15 is 0 Å². The molecule has 6 heteroatoms. The second-order valence-corrected chi connectivity index (χ2v) is 7.47. The Morgan fingerprint density at radius 2 is 2.04 bits per heavy atom. The quantitative estimate of drug-likeness (QED) is 0.591. The molecular weight excluding hydrogens is 336 g/mol. The van der Waals surface area contributed by atoms with Crippen LogP contribution in [0.5, 0.6) is 0 Å². The molecule has 0 radical (unpaired) electrons. The number of hydrogen-bond acceptors (Lipinski definition) is 5. The number of nitrogens with one attached hydrogen (secondary N) is 3. The molecule has 0 unspecified atom stereocenters. The average molecular weight is 371 g/mol. The van der Waals surface area contributed by atoms with Crippen LogP contribution in [0.25, 0.3) is 11.5 Å². The molecule has 3 rings (SSSR count). The van der Waals surface area contributed by atoms with Crippen LogP contribution in [-0.2, 0) is 6.42 Å². The molecular formula is C21H34N6. The highest BCUT2D eigenvalue weighted by Gasteiger charge is 2.21. The monoisotopic (exact) mass is 370 g/mol. The Morgan fingerprint density at radius 3 is 2.74 bits per heavy atom. The van der Waals surface area contributed by atoms with Gasteiger partial charge in [-0.2, -0.15) is 0 Å². The summed E-state index contributed by atoms with van der Waals surface area (Å²) in [5.41, 5.74) is 2.01. The molecule has 1 atom stereocenters. The number of nitrogens with zero attached hydrogens (tertiary/aromatic N) is 3. The maximum Gasteiger partial charge on any atom is 0.156 e. The number of H-pyrrole nitrogens is 1. The zero-order valence-electron chi connectivity index (χ0n) is 17.0. The van der Waals surface area contributed by atoms with Gasteiger partial charge in [-0.25, -0.2) is 9.97 Å². The molecule has 27 heavy (non-hydrogen) atoms. The summed E-state index contributed by atoms with van der Waals surface area (Å²) in [6.07, 6.45) is 6.57. The first kappa shape index (κ1) is 19.8. The molecule has 0 bridgehead atoms. The first-order chi connectivity index (χ1) is 13.2. The lowest BCUT2D eigenvalue weighted by molar-refractivity contribution is 0.149. The van der Waals surface area contributed by atoms with Crippen LogP contribution in [0, 0.1) is 0 Å². The summed E-state index contributed by atoms with van der Waals surface area (Å²) < 4.78 is 0. The third kappa shape index (κ3) is 5.53. The standard InChI is InChI=1S/C21H34N6/c1-4-16(3)27-13-9-18(10-14-27)22-11-12-23-20-8-6-7-19(26-20)21-24-15-17(5-2)25-21/h6-8,15-16,18,22H,4-5,9-14H2,1-3H3,(H,23,26)(H,24,25)/t16-/m1/s1. The van der Waals surface area contributed by atoms with E-state index in [-0.39, 0.29) is 0 Å². The Morgan fingerprint density at radius 1 is 1.22 bits per heavy atom. The van der Waals surface area contributed by atoms with Crippen LogP contribution in [0.15, 0.2) is 24.4 Å². The Bertz CT molecular complexity index is 689. The van der Waals surface area contributed by atoms with E-state index in [1.807, 2.05) is 24.4 Å². The molecule has 0 spiro atoms. The molecule has 1 fully saturated rings. The number of piperidine rings is 1. The Labute approximate surface area is 163 Å². The second kappa shape index (κ2) is 9.85. The number of aryl methyl sites for hydroxylation is 1. The van der Waals surface area contributed by atoms with E-state index < -0.39 is 0 Å². The van der Waals surface area contributed by atoms with Gasteiger partial charge in [0.2, 0.25) is 0 Å². The van der Waals surface area contributed by atoms with Crippen molar-refractivity contribution in [3.63, 3.8) is 0 Å². The fourth-order valence-electron chi connectivity index (χ4n) is 3.60. The van der Waals surface area contributed by atoms with Crippen molar-refractivity contribution in [2.45, 2.75) is 58.5 Å². The van der Waals surface area contributed by atoms with E-state index in [9.17, 15) is 0 Å². The van der Waals surface area contributed by atoms with Gasteiger partial charge < -0.3 is 20.5 Å². The fraction of sp³-hybridized carbons (Fsp3) is 0.619. The minimum Gasteiger partial charge on any atom is -0.369 e.